The maximum absolute atomic E-state index is 12.0. The number of amides is 2. The van der Waals surface area contributed by atoms with Gasteiger partial charge in [0.1, 0.15) is 0 Å². The number of hydrogen-bond acceptors (Lipinski definition) is 3. The maximum atomic E-state index is 12.0. The minimum Gasteiger partial charge on any atom is -0.396 e. The summed E-state index contributed by atoms with van der Waals surface area (Å²) in [6.45, 7) is 9.83. The Morgan fingerprint density at radius 3 is 2.22 bits per heavy atom. The van der Waals surface area contributed by atoms with Crippen molar-refractivity contribution in [3.05, 3.63) is 0 Å². The Morgan fingerprint density at radius 1 is 1.28 bits per heavy atom. The lowest BCUT2D eigenvalue weighted by molar-refractivity contribution is -0.136. The fourth-order valence-electron chi connectivity index (χ4n) is 1.43. The van der Waals surface area contributed by atoms with Gasteiger partial charge in [-0.2, -0.15) is 0 Å². The number of carbonyl (C=O) groups excluding carboxylic acids is 2. The average Bonchev–Trinajstić information content (AvgIpc) is 2.24. The molecule has 0 aliphatic rings. The average molecular weight is 258 g/mol. The summed E-state index contributed by atoms with van der Waals surface area (Å²) < 4.78 is 0. The van der Waals surface area contributed by atoms with E-state index in [-0.39, 0.29) is 31.0 Å². The molecular formula is C13H26N2O3. The van der Waals surface area contributed by atoms with Crippen LogP contribution in [0.4, 0.5) is 0 Å². The monoisotopic (exact) mass is 258 g/mol. The molecule has 5 nitrogen and oxygen atoms in total. The van der Waals surface area contributed by atoms with Crippen LogP contribution in [-0.2, 0) is 9.59 Å². The van der Waals surface area contributed by atoms with Gasteiger partial charge >= 0.3 is 0 Å². The summed E-state index contributed by atoms with van der Waals surface area (Å²) in [5, 5.41) is 11.4. The predicted molar refractivity (Wildman–Crippen MR) is 71.0 cm³/mol. The van der Waals surface area contributed by atoms with Crippen molar-refractivity contribution in [1.29, 1.82) is 0 Å². The molecule has 0 aromatic rings. The van der Waals surface area contributed by atoms with Crippen molar-refractivity contribution in [2.45, 2.75) is 47.1 Å². The lowest BCUT2D eigenvalue weighted by Gasteiger charge is -2.27. The third-order valence-electron chi connectivity index (χ3n) is 2.58. The molecule has 5 heteroatoms. The SMILES string of the molecule is CC(C)N(CCCO)C(=O)CNC(=O)C(C)(C)C. The Hall–Kier alpha value is -1.10. The fraction of sp³-hybridized carbons (Fsp3) is 0.846. The molecule has 0 fully saturated rings. The molecule has 18 heavy (non-hydrogen) atoms. The number of rotatable bonds is 6. The molecule has 0 heterocycles. The largest absolute Gasteiger partial charge is 0.396 e. The first-order valence-electron chi connectivity index (χ1n) is 6.38. The molecule has 0 spiro atoms. The first-order valence-corrected chi connectivity index (χ1v) is 6.38. The standard InChI is InChI=1S/C13H26N2O3/c1-10(2)15(7-6-8-16)11(17)9-14-12(18)13(3,4)5/h10,16H,6-9H2,1-5H3,(H,14,18). The highest BCUT2D eigenvalue weighted by Crippen LogP contribution is 2.12. The highest BCUT2D eigenvalue weighted by Gasteiger charge is 2.23. The molecule has 2 N–H and O–H groups in total. The Labute approximate surface area is 110 Å². The number of carbonyl (C=O) groups is 2. The van der Waals surface area contributed by atoms with E-state index in [1.54, 1.807) is 25.7 Å². The van der Waals surface area contributed by atoms with Crippen LogP contribution in [0.15, 0.2) is 0 Å². The summed E-state index contributed by atoms with van der Waals surface area (Å²) in [6, 6.07) is 0.0654. The summed E-state index contributed by atoms with van der Waals surface area (Å²) in [5.74, 6) is -0.252. The van der Waals surface area contributed by atoms with Gasteiger partial charge in [0.25, 0.3) is 0 Å². The molecule has 0 saturated carbocycles. The molecule has 0 aliphatic heterocycles. The third kappa shape index (κ3) is 6.00. The van der Waals surface area contributed by atoms with Crippen molar-refractivity contribution in [3.63, 3.8) is 0 Å². The zero-order valence-electron chi connectivity index (χ0n) is 12.1. The molecule has 0 aromatic carbocycles. The number of hydrogen-bond donors (Lipinski definition) is 2. The van der Waals surface area contributed by atoms with E-state index in [4.69, 9.17) is 5.11 Å². The van der Waals surface area contributed by atoms with Gasteiger partial charge in [0.2, 0.25) is 11.8 Å². The van der Waals surface area contributed by atoms with Crippen LogP contribution in [0.5, 0.6) is 0 Å². The van der Waals surface area contributed by atoms with E-state index in [2.05, 4.69) is 5.32 Å². The van der Waals surface area contributed by atoms with Gasteiger partial charge in [-0.05, 0) is 20.3 Å². The van der Waals surface area contributed by atoms with Crippen LogP contribution in [-0.4, -0.2) is 47.6 Å². The van der Waals surface area contributed by atoms with E-state index in [0.717, 1.165) is 0 Å². The molecule has 0 unspecified atom stereocenters. The maximum Gasteiger partial charge on any atom is 0.242 e. The number of nitrogens with zero attached hydrogens (tertiary/aromatic N) is 1. The van der Waals surface area contributed by atoms with Crippen LogP contribution in [0.2, 0.25) is 0 Å². The fourth-order valence-corrected chi connectivity index (χ4v) is 1.43. The van der Waals surface area contributed by atoms with Gasteiger partial charge in [-0.1, -0.05) is 20.8 Å². The molecule has 0 saturated heterocycles. The smallest absolute Gasteiger partial charge is 0.242 e. The number of nitrogens with one attached hydrogen (secondary N) is 1. The van der Waals surface area contributed by atoms with E-state index in [1.807, 2.05) is 13.8 Å². The van der Waals surface area contributed by atoms with Crippen LogP contribution in [0.3, 0.4) is 0 Å². The predicted octanol–water partition coefficient (Wildman–Crippen LogP) is 0.768. The molecule has 0 atom stereocenters. The van der Waals surface area contributed by atoms with E-state index in [0.29, 0.717) is 13.0 Å². The zero-order chi connectivity index (χ0) is 14.3. The van der Waals surface area contributed by atoms with Crippen LogP contribution in [0, 0.1) is 5.41 Å². The van der Waals surface area contributed by atoms with Crippen molar-refractivity contribution in [1.82, 2.24) is 10.2 Å². The zero-order valence-corrected chi connectivity index (χ0v) is 12.1. The summed E-state index contributed by atoms with van der Waals surface area (Å²) in [6.07, 6.45) is 0.553. The normalized spacial score (nSPS) is 11.5. The van der Waals surface area contributed by atoms with Crippen molar-refractivity contribution in [2.75, 3.05) is 19.7 Å². The Kier molecular flexibility index (Phi) is 6.91. The second-order valence-corrected chi connectivity index (χ2v) is 5.69. The van der Waals surface area contributed by atoms with Gasteiger partial charge in [0, 0.05) is 24.6 Å². The topological polar surface area (TPSA) is 69.6 Å². The van der Waals surface area contributed by atoms with Gasteiger partial charge in [0.15, 0.2) is 0 Å². The summed E-state index contributed by atoms with van der Waals surface area (Å²) in [7, 11) is 0. The molecule has 106 valence electrons. The number of aliphatic hydroxyl groups excluding tert-OH is 1. The highest BCUT2D eigenvalue weighted by molar-refractivity contribution is 5.87. The van der Waals surface area contributed by atoms with Crippen molar-refractivity contribution < 1.29 is 14.7 Å². The molecule has 0 radical (unpaired) electrons. The highest BCUT2D eigenvalue weighted by atomic mass is 16.3. The quantitative estimate of drug-likeness (QED) is 0.739. The van der Waals surface area contributed by atoms with Gasteiger partial charge in [-0.3, -0.25) is 9.59 Å². The van der Waals surface area contributed by atoms with Gasteiger partial charge in [-0.15, -0.1) is 0 Å². The lowest BCUT2D eigenvalue weighted by atomic mass is 9.96. The molecule has 0 bridgehead atoms. The molecule has 0 aliphatic carbocycles. The lowest BCUT2D eigenvalue weighted by Crippen LogP contribution is -2.46. The minimum absolute atomic E-state index is 0.0136. The van der Waals surface area contributed by atoms with Crippen molar-refractivity contribution >= 4 is 11.8 Å². The molecule has 2 amide bonds. The van der Waals surface area contributed by atoms with E-state index in [1.165, 1.54) is 0 Å². The van der Waals surface area contributed by atoms with E-state index < -0.39 is 5.41 Å². The van der Waals surface area contributed by atoms with E-state index in [9.17, 15) is 9.59 Å². The summed E-state index contributed by atoms with van der Waals surface area (Å²) in [5.41, 5.74) is -0.492. The van der Waals surface area contributed by atoms with Crippen LogP contribution in [0.1, 0.15) is 41.0 Å². The Balaban J connectivity index is 4.31. The van der Waals surface area contributed by atoms with Gasteiger partial charge in [-0.25, -0.2) is 0 Å². The molecule has 0 aromatic heterocycles. The first-order chi connectivity index (χ1) is 8.20. The van der Waals surface area contributed by atoms with Gasteiger partial charge < -0.3 is 15.3 Å². The Morgan fingerprint density at radius 2 is 1.83 bits per heavy atom. The van der Waals surface area contributed by atoms with Crippen molar-refractivity contribution in [3.8, 4) is 0 Å². The van der Waals surface area contributed by atoms with Gasteiger partial charge in [0.05, 0.1) is 6.54 Å². The summed E-state index contributed by atoms with van der Waals surface area (Å²) >= 11 is 0. The third-order valence-corrected chi connectivity index (χ3v) is 2.58. The minimum atomic E-state index is -0.492. The molecular weight excluding hydrogens is 232 g/mol. The van der Waals surface area contributed by atoms with Crippen molar-refractivity contribution in [2.24, 2.45) is 5.41 Å². The van der Waals surface area contributed by atoms with Crippen LogP contribution in [0.25, 0.3) is 0 Å². The summed E-state index contributed by atoms with van der Waals surface area (Å²) in [4.78, 5) is 25.3. The Bertz CT molecular complexity index is 282. The number of aliphatic hydroxyl groups is 1. The van der Waals surface area contributed by atoms with Crippen LogP contribution < -0.4 is 5.32 Å². The first kappa shape index (κ1) is 16.9. The van der Waals surface area contributed by atoms with Crippen LogP contribution >= 0.6 is 0 Å². The van der Waals surface area contributed by atoms with E-state index >= 15 is 0 Å². The second kappa shape index (κ2) is 7.36. The second-order valence-electron chi connectivity index (χ2n) is 5.69. The molecule has 0 rings (SSSR count).